The van der Waals surface area contributed by atoms with Gasteiger partial charge in [-0.1, -0.05) is 30.3 Å². The average Bonchev–Trinajstić information content (AvgIpc) is 2.56. The first-order valence-electron chi connectivity index (χ1n) is 7.63. The highest BCUT2D eigenvalue weighted by molar-refractivity contribution is 5.71. The molecule has 0 radical (unpaired) electrons. The summed E-state index contributed by atoms with van der Waals surface area (Å²) in [5.41, 5.74) is 1.68. The highest BCUT2D eigenvalue weighted by Gasteiger charge is 2.15. The molecule has 1 aromatic rings. The van der Waals surface area contributed by atoms with Gasteiger partial charge in [0.25, 0.3) is 0 Å². The number of hydrogen-bond acceptors (Lipinski definition) is 2. The minimum Gasteiger partial charge on any atom is -0.507 e. The van der Waals surface area contributed by atoms with E-state index >= 15 is 0 Å². The normalized spacial score (nSPS) is 10.8. The van der Waals surface area contributed by atoms with Crippen LogP contribution in [0.4, 0.5) is 0 Å². The molecule has 1 aliphatic heterocycles. The maximum absolute atomic E-state index is 10.3. The zero-order chi connectivity index (χ0) is 15.5. The molecule has 1 heterocycles. The minimum absolute atomic E-state index is 0.242. The van der Waals surface area contributed by atoms with Crippen LogP contribution in [0.2, 0.25) is 0 Å². The summed E-state index contributed by atoms with van der Waals surface area (Å²) >= 11 is 0. The van der Waals surface area contributed by atoms with Gasteiger partial charge < -0.3 is 9.52 Å². The predicted molar refractivity (Wildman–Crippen MR) is 88.8 cm³/mol. The fourth-order valence-electron chi connectivity index (χ4n) is 2.69. The lowest BCUT2D eigenvalue weighted by Gasteiger charge is -2.10. The summed E-state index contributed by atoms with van der Waals surface area (Å²) < 4.78 is 8.27. The van der Waals surface area contributed by atoms with Gasteiger partial charge in [-0.2, -0.15) is 0 Å². The molecule has 112 valence electrons. The fraction of sp³-hybridized carbons (Fsp3) is 0.211. The van der Waals surface area contributed by atoms with Crippen molar-refractivity contribution in [2.45, 2.75) is 13.8 Å². The van der Waals surface area contributed by atoms with E-state index in [1.54, 1.807) is 6.07 Å². The third-order valence-electron chi connectivity index (χ3n) is 3.92. The van der Waals surface area contributed by atoms with Crippen molar-refractivity contribution in [1.82, 2.24) is 4.58 Å². The van der Waals surface area contributed by atoms with Crippen LogP contribution in [-0.4, -0.2) is 18.2 Å². The molecule has 3 heteroatoms. The first kappa shape index (κ1) is 14.4. The standard InChI is InChI=1S/C19H19NO2/c1-3-20(4-2)15-10-11-16-17(21)13-18(22-19(16)12-15)14-8-6-5-7-9-14/h5-13H,3-4H2,1-2H3/p+1. The molecule has 1 N–H and O–H groups in total. The summed E-state index contributed by atoms with van der Waals surface area (Å²) in [6.45, 7) is 6.13. The summed E-state index contributed by atoms with van der Waals surface area (Å²) in [6, 6.07) is 17.4. The summed E-state index contributed by atoms with van der Waals surface area (Å²) in [7, 11) is 0. The Morgan fingerprint density at radius 3 is 2.32 bits per heavy atom. The Balaban J connectivity index is 2.24. The molecule has 2 aliphatic rings. The quantitative estimate of drug-likeness (QED) is 0.750. The van der Waals surface area contributed by atoms with Gasteiger partial charge in [-0.3, -0.25) is 0 Å². The van der Waals surface area contributed by atoms with E-state index in [0.29, 0.717) is 11.5 Å². The van der Waals surface area contributed by atoms with E-state index in [1.807, 2.05) is 48.5 Å². The molecule has 3 nitrogen and oxygen atoms in total. The van der Waals surface area contributed by atoms with Crippen LogP contribution in [0, 0.1) is 0 Å². The molecule has 1 aliphatic carbocycles. The second-order valence-electron chi connectivity index (χ2n) is 5.21. The monoisotopic (exact) mass is 294 g/mol. The molecule has 0 amide bonds. The number of benzene rings is 2. The van der Waals surface area contributed by atoms with Gasteiger partial charge in [0.05, 0.1) is 11.6 Å². The first-order valence-corrected chi connectivity index (χ1v) is 7.63. The summed E-state index contributed by atoms with van der Waals surface area (Å²) in [4.78, 5) is 0. The van der Waals surface area contributed by atoms with Crippen LogP contribution in [0.5, 0.6) is 5.75 Å². The van der Waals surface area contributed by atoms with E-state index in [-0.39, 0.29) is 5.75 Å². The number of hydrogen-bond donors (Lipinski definition) is 1. The van der Waals surface area contributed by atoms with Gasteiger partial charge in [0, 0.05) is 17.7 Å². The van der Waals surface area contributed by atoms with Crippen molar-refractivity contribution < 1.29 is 9.52 Å². The second-order valence-corrected chi connectivity index (χ2v) is 5.21. The predicted octanol–water partition coefficient (Wildman–Crippen LogP) is 3.57. The van der Waals surface area contributed by atoms with Crippen LogP contribution in [0.3, 0.4) is 0 Å². The Kier molecular flexibility index (Phi) is 3.96. The third-order valence-corrected chi connectivity index (χ3v) is 3.92. The first-order chi connectivity index (χ1) is 10.7. The maximum atomic E-state index is 10.3. The van der Waals surface area contributed by atoms with Gasteiger partial charge in [-0.15, -0.1) is 0 Å². The molecule has 3 rings (SSSR count). The molecular weight excluding hydrogens is 274 g/mol. The Labute approximate surface area is 130 Å². The van der Waals surface area contributed by atoms with Crippen molar-refractivity contribution in [2.75, 3.05) is 13.1 Å². The highest BCUT2D eigenvalue weighted by Crippen LogP contribution is 2.35. The minimum atomic E-state index is 0.242. The van der Waals surface area contributed by atoms with E-state index in [1.165, 1.54) is 0 Å². The molecule has 1 aromatic carbocycles. The molecule has 0 saturated heterocycles. The SMILES string of the molecule is CC[N+](CC)=c1ccc2c(O)cc(-c3ccccc3)oc-2c1. The summed E-state index contributed by atoms with van der Waals surface area (Å²) in [6.07, 6.45) is 0. The van der Waals surface area contributed by atoms with Crippen LogP contribution in [0.15, 0.2) is 59.0 Å². The Bertz CT molecular complexity index is 812. The molecule has 0 saturated carbocycles. The Morgan fingerprint density at radius 1 is 0.909 bits per heavy atom. The van der Waals surface area contributed by atoms with Gasteiger partial charge in [0.2, 0.25) is 5.36 Å². The number of nitrogens with zero attached hydrogens (tertiary/aromatic N) is 1. The average molecular weight is 294 g/mol. The van der Waals surface area contributed by atoms with E-state index in [0.717, 1.165) is 29.6 Å². The van der Waals surface area contributed by atoms with E-state index in [9.17, 15) is 5.11 Å². The number of aromatic hydroxyl groups is 1. The summed E-state index contributed by atoms with van der Waals surface area (Å²) in [5.74, 6) is 1.61. The van der Waals surface area contributed by atoms with Gasteiger partial charge in [-0.25, -0.2) is 4.58 Å². The van der Waals surface area contributed by atoms with Gasteiger partial charge in [-0.05, 0) is 19.9 Å². The molecule has 0 aromatic heterocycles. The van der Waals surface area contributed by atoms with Crippen LogP contribution in [0.25, 0.3) is 22.6 Å². The van der Waals surface area contributed by atoms with Crippen LogP contribution in [-0.2, 0) is 0 Å². The van der Waals surface area contributed by atoms with E-state index in [4.69, 9.17) is 4.42 Å². The highest BCUT2D eigenvalue weighted by atomic mass is 16.3. The van der Waals surface area contributed by atoms with Crippen LogP contribution in [0.1, 0.15) is 13.8 Å². The largest absolute Gasteiger partial charge is 0.507 e. The topological polar surface area (TPSA) is 36.4 Å². The Hall–Kier alpha value is -2.55. The van der Waals surface area contributed by atoms with Crippen molar-refractivity contribution in [2.24, 2.45) is 0 Å². The fourth-order valence-corrected chi connectivity index (χ4v) is 2.69. The van der Waals surface area contributed by atoms with E-state index < -0.39 is 0 Å². The second kappa shape index (κ2) is 6.06. The zero-order valence-corrected chi connectivity index (χ0v) is 12.9. The molecule has 0 unspecified atom stereocenters. The molecule has 0 fully saturated rings. The molecule has 0 spiro atoms. The van der Waals surface area contributed by atoms with Gasteiger partial charge in [0.1, 0.15) is 30.4 Å². The number of fused-ring (bicyclic) bond motifs is 1. The lowest BCUT2D eigenvalue weighted by atomic mass is 10.1. The molecule has 0 atom stereocenters. The lowest BCUT2D eigenvalue weighted by molar-refractivity contribution is 0.464. The van der Waals surface area contributed by atoms with Gasteiger partial charge in [0.15, 0.2) is 0 Å². The van der Waals surface area contributed by atoms with E-state index in [2.05, 4.69) is 18.4 Å². The van der Waals surface area contributed by atoms with Crippen molar-refractivity contribution in [3.8, 4) is 28.4 Å². The van der Waals surface area contributed by atoms with Crippen molar-refractivity contribution >= 4 is 0 Å². The van der Waals surface area contributed by atoms with Gasteiger partial charge >= 0.3 is 0 Å². The molecule has 0 bridgehead atoms. The van der Waals surface area contributed by atoms with Crippen LogP contribution >= 0.6 is 0 Å². The zero-order valence-electron chi connectivity index (χ0n) is 12.9. The third kappa shape index (κ3) is 2.62. The van der Waals surface area contributed by atoms with Crippen molar-refractivity contribution in [3.05, 3.63) is 60.0 Å². The van der Waals surface area contributed by atoms with Crippen LogP contribution < -0.4 is 9.93 Å². The molecule has 22 heavy (non-hydrogen) atoms. The van der Waals surface area contributed by atoms with Crippen molar-refractivity contribution in [1.29, 1.82) is 0 Å². The Morgan fingerprint density at radius 2 is 1.64 bits per heavy atom. The summed E-state index contributed by atoms with van der Waals surface area (Å²) in [5, 5.41) is 11.4. The smallest absolute Gasteiger partial charge is 0.203 e. The van der Waals surface area contributed by atoms with Crippen molar-refractivity contribution in [3.63, 3.8) is 0 Å². The molecular formula is C19H20NO2+. The maximum Gasteiger partial charge on any atom is 0.203 e. The number of rotatable bonds is 3. The lowest BCUT2D eigenvalue weighted by Crippen LogP contribution is -2.29.